The van der Waals surface area contributed by atoms with Crippen molar-refractivity contribution in [2.75, 3.05) is 23.7 Å². The van der Waals surface area contributed by atoms with Crippen LogP contribution < -0.4 is 9.62 Å². The summed E-state index contributed by atoms with van der Waals surface area (Å²) >= 11 is 18.7. The van der Waals surface area contributed by atoms with E-state index in [1.165, 1.54) is 11.0 Å². The number of sulfonamides is 1. The molecule has 33 heavy (non-hydrogen) atoms. The summed E-state index contributed by atoms with van der Waals surface area (Å²) in [7, 11) is -3.86. The number of benzene rings is 2. The molecule has 0 aromatic heterocycles. The molecule has 0 fully saturated rings. The van der Waals surface area contributed by atoms with Gasteiger partial charge >= 0.3 is 0 Å². The second-order valence-corrected chi connectivity index (χ2v) is 10.7. The molecule has 0 saturated carbocycles. The fraction of sp³-hybridized carbons (Fsp3) is 0.364. The van der Waals surface area contributed by atoms with Gasteiger partial charge in [-0.1, -0.05) is 46.9 Å². The smallest absolute Gasteiger partial charge is 0.244 e. The Morgan fingerprint density at radius 1 is 1.09 bits per heavy atom. The standard InChI is InChI=1S/C22H26Cl3N3O4S/c1-5-26-22(30)15(3)27(12-17-18(24)7-6-8-19(17)25)21(29)13-28(33(4,31)32)20-11-16(23)10-9-14(20)2/h6-11,15H,5,12-13H2,1-4H3,(H,26,30)/t15-/m1/s1. The summed E-state index contributed by atoms with van der Waals surface area (Å²) in [5, 5.41) is 3.66. The Balaban J connectivity index is 2.49. The van der Waals surface area contributed by atoms with Gasteiger partial charge in [0.05, 0.1) is 11.9 Å². The zero-order valence-corrected chi connectivity index (χ0v) is 21.8. The summed E-state index contributed by atoms with van der Waals surface area (Å²) in [5.74, 6) is -0.992. The summed E-state index contributed by atoms with van der Waals surface area (Å²) in [6, 6.07) is 8.78. The average molecular weight is 535 g/mol. The van der Waals surface area contributed by atoms with E-state index >= 15 is 0 Å². The Labute approximate surface area is 209 Å². The van der Waals surface area contributed by atoms with Crippen molar-refractivity contribution in [2.24, 2.45) is 0 Å². The zero-order chi connectivity index (χ0) is 24.9. The number of carbonyl (C=O) groups excluding carboxylic acids is 2. The third kappa shape index (κ3) is 6.99. The van der Waals surface area contributed by atoms with Gasteiger partial charge in [-0.2, -0.15) is 0 Å². The van der Waals surface area contributed by atoms with E-state index in [2.05, 4.69) is 5.32 Å². The number of nitrogens with zero attached hydrogens (tertiary/aromatic N) is 2. The first kappa shape index (κ1) is 27.2. The fourth-order valence-electron chi connectivity index (χ4n) is 3.20. The van der Waals surface area contributed by atoms with Gasteiger partial charge in [-0.25, -0.2) is 8.42 Å². The molecule has 2 amide bonds. The van der Waals surface area contributed by atoms with Crippen molar-refractivity contribution in [2.45, 2.75) is 33.4 Å². The monoisotopic (exact) mass is 533 g/mol. The van der Waals surface area contributed by atoms with Gasteiger partial charge in [0, 0.05) is 33.7 Å². The SMILES string of the molecule is CCNC(=O)[C@@H](C)N(Cc1c(Cl)cccc1Cl)C(=O)CN(c1cc(Cl)ccc1C)S(C)(=O)=O. The van der Waals surface area contributed by atoms with E-state index in [1.807, 2.05) is 0 Å². The number of likely N-dealkylation sites (N-methyl/N-ethyl adjacent to an activating group) is 1. The topological polar surface area (TPSA) is 86.8 Å². The molecular weight excluding hydrogens is 509 g/mol. The summed E-state index contributed by atoms with van der Waals surface area (Å²) in [6.45, 7) is 4.79. The Kier molecular flexibility index (Phi) is 9.43. The van der Waals surface area contributed by atoms with Crippen LogP contribution >= 0.6 is 34.8 Å². The highest BCUT2D eigenvalue weighted by Crippen LogP contribution is 2.29. The first-order chi connectivity index (χ1) is 15.4. The molecule has 2 aromatic carbocycles. The molecular formula is C22H26Cl3N3O4S. The lowest BCUT2D eigenvalue weighted by Crippen LogP contribution is -2.51. The summed E-state index contributed by atoms with van der Waals surface area (Å²) in [4.78, 5) is 27.3. The second-order valence-electron chi connectivity index (χ2n) is 7.49. The second kappa shape index (κ2) is 11.4. The molecule has 0 aliphatic heterocycles. The van der Waals surface area contributed by atoms with Gasteiger partial charge in [0.1, 0.15) is 12.6 Å². The van der Waals surface area contributed by atoms with Crippen LogP contribution in [0, 0.1) is 6.92 Å². The summed E-state index contributed by atoms with van der Waals surface area (Å²) in [5.41, 5.74) is 1.35. The molecule has 0 heterocycles. The Hall–Kier alpha value is -2.00. The lowest BCUT2D eigenvalue weighted by Gasteiger charge is -2.32. The number of hydrogen-bond donors (Lipinski definition) is 1. The van der Waals surface area contributed by atoms with Crippen LogP contribution in [0.1, 0.15) is 25.0 Å². The summed E-state index contributed by atoms with van der Waals surface area (Å²) < 4.78 is 26.2. The number of hydrogen-bond acceptors (Lipinski definition) is 4. The minimum atomic E-state index is -3.86. The van der Waals surface area contributed by atoms with Crippen LogP contribution in [-0.2, 0) is 26.2 Å². The third-order valence-electron chi connectivity index (χ3n) is 5.03. The minimum absolute atomic E-state index is 0.0816. The molecule has 11 heteroatoms. The molecule has 0 aliphatic rings. The maximum Gasteiger partial charge on any atom is 0.244 e. The van der Waals surface area contributed by atoms with Crippen molar-refractivity contribution in [1.82, 2.24) is 10.2 Å². The number of amides is 2. The zero-order valence-electron chi connectivity index (χ0n) is 18.7. The highest BCUT2D eigenvalue weighted by Gasteiger charge is 2.31. The van der Waals surface area contributed by atoms with Crippen LogP contribution in [0.4, 0.5) is 5.69 Å². The highest BCUT2D eigenvalue weighted by molar-refractivity contribution is 7.92. The van der Waals surface area contributed by atoms with Gasteiger partial charge in [0.15, 0.2) is 0 Å². The van der Waals surface area contributed by atoms with E-state index in [0.29, 0.717) is 32.7 Å². The molecule has 0 saturated heterocycles. The fourth-order valence-corrected chi connectivity index (χ4v) is 4.79. The number of rotatable bonds is 9. The lowest BCUT2D eigenvalue weighted by atomic mass is 10.1. The molecule has 2 rings (SSSR count). The van der Waals surface area contributed by atoms with Crippen LogP contribution in [0.5, 0.6) is 0 Å². The summed E-state index contributed by atoms with van der Waals surface area (Å²) in [6.07, 6.45) is 1.00. The van der Waals surface area contributed by atoms with Gasteiger partial charge < -0.3 is 10.2 Å². The third-order valence-corrected chi connectivity index (χ3v) is 7.10. The maximum absolute atomic E-state index is 13.5. The average Bonchev–Trinajstić information content (AvgIpc) is 2.72. The molecule has 2 aromatic rings. The first-order valence-electron chi connectivity index (χ1n) is 10.1. The highest BCUT2D eigenvalue weighted by atomic mass is 35.5. The van der Waals surface area contributed by atoms with Crippen molar-refractivity contribution in [1.29, 1.82) is 0 Å². The Morgan fingerprint density at radius 2 is 1.70 bits per heavy atom. The molecule has 1 atom stereocenters. The van der Waals surface area contributed by atoms with Gasteiger partial charge in [0.25, 0.3) is 0 Å². The van der Waals surface area contributed by atoms with Gasteiger partial charge in [0.2, 0.25) is 21.8 Å². The largest absolute Gasteiger partial charge is 0.355 e. The molecule has 0 spiro atoms. The van der Waals surface area contributed by atoms with Crippen molar-refractivity contribution >= 4 is 62.3 Å². The van der Waals surface area contributed by atoms with E-state index < -0.39 is 28.5 Å². The predicted octanol–water partition coefficient (Wildman–Crippen LogP) is 4.27. The van der Waals surface area contributed by atoms with E-state index in [9.17, 15) is 18.0 Å². The van der Waals surface area contributed by atoms with Crippen LogP contribution in [0.2, 0.25) is 15.1 Å². The van der Waals surface area contributed by atoms with E-state index in [1.54, 1.807) is 51.1 Å². The number of nitrogens with one attached hydrogen (secondary N) is 1. The quantitative estimate of drug-likeness (QED) is 0.520. The van der Waals surface area contributed by atoms with E-state index in [-0.39, 0.29) is 18.1 Å². The number of anilines is 1. The molecule has 0 aliphatic carbocycles. The van der Waals surface area contributed by atoms with Crippen molar-refractivity contribution in [3.63, 3.8) is 0 Å². The molecule has 0 bridgehead atoms. The Bertz CT molecular complexity index is 1120. The van der Waals surface area contributed by atoms with Gasteiger partial charge in [-0.15, -0.1) is 0 Å². The molecule has 180 valence electrons. The first-order valence-corrected chi connectivity index (χ1v) is 13.1. The number of halogens is 3. The van der Waals surface area contributed by atoms with Gasteiger partial charge in [-0.05, 0) is 50.6 Å². The van der Waals surface area contributed by atoms with Crippen LogP contribution in [0.25, 0.3) is 0 Å². The molecule has 1 N–H and O–H groups in total. The van der Waals surface area contributed by atoms with Crippen LogP contribution in [0.3, 0.4) is 0 Å². The van der Waals surface area contributed by atoms with Gasteiger partial charge in [-0.3, -0.25) is 13.9 Å². The van der Waals surface area contributed by atoms with Crippen molar-refractivity contribution in [3.8, 4) is 0 Å². The number of carbonyl (C=O) groups is 2. The van der Waals surface area contributed by atoms with E-state index in [4.69, 9.17) is 34.8 Å². The van der Waals surface area contributed by atoms with Crippen molar-refractivity contribution < 1.29 is 18.0 Å². The number of aryl methyl sites for hydroxylation is 1. The maximum atomic E-state index is 13.5. The van der Waals surface area contributed by atoms with Crippen LogP contribution in [-0.4, -0.2) is 50.5 Å². The minimum Gasteiger partial charge on any atom is -0.355 e. The van der Waals surface area contributed by atoms with Crippen molar-refractivity contribution in [3.05, 3.63) is 62.6 Å². The normalized spacial score (nSPS) is 12.2. The predicted molar refractivity (Wildman–Crippen MR) is 134 cm³/mol. The molecule has 0 unspecified atom stereocenters. The van der Waals surface area contributed by atoms with E-state index in [0.717, 1.165) is 10.6 Å². The Morgan fingerprint density at radius 3 is 2.24 bits per heavy atom. The lowest BCUT2D eigenvalue weighted by molar-refractivity contribution is -0.139. The molecule has 7 nitrogen and oxygen atoms in total. The van der Waals surface area contributed by atoms with Crippen LogP contribution in [0.15, 0.2) is 36.4 Å². The molecule has 0 radical (unpaired) electrons.